The summed E-state index contributed by atoms with van der Waals surface area (Å²) in [5.74, 6) is 1.13. The number of methoxy groups -OCH3 is 2. The summed E-state index contributed by atoms with van der Waals surface area (Å²) >= 11 is 2.24. The summed E-state index contributed by atoms with van der Waals surface area (Å²) in [4.78, 5) is 16.5. The van der Waals surface area contributed by atoms with Crippen molar-refractivity contribution >= 4 is 40.3 Å². The maximum absolute atomic E-state index is 12.2. The highest BCUT2D eigenvalue weighted by Crippen LogP contribution is 2.27. The van der Waals surface area contributed by atoms with Crippen molar-refractivity contribution in [2.75, 3.05) is 14.2 Å². The van der Waals surface area contributed by atoms with Crippen LogP contribution in [0.15, 0.2) is 47.5 Å². The zero-order valence-corrected chi connectivity index (χ0v) is 14.5. The highest BCUT2D eigenvalue weighted by atomic mass is 127. The van der Waals surface area contributed by atoms with Crippen LogP contribution in [0.25, 0.3) is 0 Å². The minimum atomic E-state index is -0.0183. The minimum absolute atomic E-state index is 0.0183. The monoisotopic (exact) mass is 409 g/mol. The van der Waals surface area contributed by atoms with E-state index in [0.717, 1.165) is 9.26 Å². The molecule has 5 heteroatoms. The first-order valence-electron chi connectivity index (χ1n) is 6.67. The lowest BCUT2D eigenvalue weighted by atomic mass is 10.1. The van der Waals surface area contributed by atoms with Gasteiger partial charge in [-0.3, -0.25) is 9.79 Å². The number of carbonyl (C=O) groups excluding carboxylic acids is 1. The van der Waals surface area contributed by atoms with E-state index in [2.05, 4.69) is 27.6 Å². The number of carbonyl (C=O) groups is 1. The fourth-order valence-electron chi connectivity index (χ4n) is 1.89. The van der Waals surface area contributed by atoms with Gasteiger partial charge in [-0.15, -0.1) is 0 Å². The van der Waals surface area contributed by atoms with Crippen LogP contribution in [0, 0.1) is 3.57 Å². The molecule has 0 unspecified atom stereocenters. The second kappa shape index (κ2) is 7.93. The second-order valence-electron chi connectivity index (χ2n) is 4.49. The molecule has 0 saturated carbocycles. The number of aliphatic imine (C=N–C) groups is 1. The number of nitrogens with zero attached hydrogens (tertiary/aromatic N) is 1. The third kappa shape index (κ3) is 4.30. The number of ether oxygens (including phenoxy) is 2. The van der Waals surface area contributed by atoms with Gasteiger partial charge in [0.15, 0.2) is 17.3 Å². The van der Waals surface area contributed by atoms with Gasteiger partial charge in [0.25, 0.3) is 0 Å². The number of ketones is 1. The van der Waals surface area contributed by atoms with E-state index in [0.29, 0.717) is 17.1 Å². The van der Waals surface area contributed by atoms with Crippen LogP contribution in [-0.4, -0.2) is 26.2 Å². The van der Waals surface area contributed by atoms with Gasteiger partial charge in [-0.25, -0.2) is 0 Å². The molecule has 0 fully saturated rings. The molecule has 114 valence electrons. The molecule has 0 N–H and O–H groups in total. The molecule has 4 nitrogen and oxygen atoms in total. The van der Waals surface area contributed by atoms with Crippen LogP contribution in [0.3, 0.4) is 0 Å². The van der Waals surface area contributed by atoms with Gasteiger partial charge in [-0.2, -0.15) is 0 Å². The van der Waals surface area contributed by atoms with E-state index >= 15 is 0 Å². The van der Waals surface area contributed by atoms with Crippen molar-refractivity contribution in [3.63, 3.8) is 0 Å². The van der Waals surface area contributed by atoms with E-state index in [9.17, 15) is 4.79 Å². The van der Waals surface area contributed by atoms with Crippen LogP contribution in [-0.2, 0) is 0 Å². The molecule has 2 rings (SSSR count). The Kier molecular flexibility index (Phi) is 5.94. The first kappa shape index (κ1) is 16.5. The fourth-order valence-corrected chi connectivity index (χ4v) is 2.25. The summed E-state index contributed by atoms with van der Waals surface area (Å²) < 4.78 is 11.5. The van der Waals surface area contributed by atoms with Crippen LogP contribution in [0.1, 0.15) is 16.8 Å². The Labute approximate surface area is 143 Å². The van der Waals surface area contributed by atoms with Gasteiger partial charge in [0.1, 0.15) is 0 Å². The Morgan fingerprint density at radius 3 is 2.41 bits per heavy atom. The lowest BCUT2D eigenvalue weighted by Gasteiger charge is -2.08. The van der Waals surface area contributed by atoms with E-state index in [4.69, 9.17) is 9.47 Å². The third-order valence-electron chi connectivity index (χ3n) is 3.05. The van der Waals surface area contributed by atoms with Gasteiger partial charge < -0.3 is 9.47 Å². The highest BCUT2D eigenvalue weighted by Gasteiger charge is 2.09. The second-order valence-corrected chi connectivity index (χ2v) is 5.73. The lowest BCUT2D eigenvalue weighted by molar-refractivity contribution is 0.100. The number of hydrogen-bond acceptors (Lipinski definition) is 4. The van der Waals surface area contributed by atoms with Crippen molar-refractivity contribution in [3.05, 3.63) is 51.6 Å². The van der Waals surface area contributed by atoms with Gasteiger partial charge in [0.2, 0.25) is 0 Å². The van der Waals surface area contributed by atoms with Crippen LogP contribution in [0.2, 0.25) is 0 Å². The van der Waals surface area contributed by atoms with E-state index in [1.165, 1.54) is 0 Å². The summed E-state index contributed by atoms with van der Waals surface area (Å²) in [5.41, 5.74) is 1.41. The van der Waals surface area contributed by atoms with Gasteiger partial charge in [-0.05, 0) is 65.1 Å². The molecule has 0 saturated heterocycles. The Morgan fingerprint density at radius 2 is 1.77 bits per heavy atom. The molecule has 0 aromatic heterocycles. The lowest BCUT2D eigenvalue weighted by Crippen LogP contribution is -2.01. The molecule has 0 bridgehead atoms. The third-order valence-corrected chi connectivity index (χ3v) is 3.77. The largest absolute Gasteiger partial charge is 0.493 e. The predicted octanol–water partition coefficient (Wildman–Crippen LogP) is 4.28. The standard InChI is InChI=1S/C17H16INO3/c1-21-16-8-3-12(11-17(16)22-2)15(20)9-10-19-14-6-4-13(18)5-7-14/h3-8,10-11H,9H2,1-2H3. The summed E-state index contributed by atoms with van der Waals surface area (Å²) in [5, 5.41) is 0. The molecular weight excluding hydrogens is 393 g/mol. The van der Waals surface area contributed by atoms with Gasteiger partial charge in [-0.1, -0.05) is 0 Å². The molecule has 22 heavy (non-hydrogen) atoms. The van der Waals surface area contributed by atoms with Crippen LogP contribution in [0.5, 0.6) is 11.5 Å². The molecule has 0 heterocycles. The number of hydrogen-bond donors (Lipinski definition) is 0. The first-order valence-corrected chi connectivity index (χ1v) is 7.75. The summed E-state index contributed by atoms with van der Waals surface area (Å²) in [7, 11) is 3.11. The number of benzene rings is 2. The smallest absolute Gasteiger partial charge is 0.168 e. The molecule has 2 aromatic carbocycles. The Hall–Kier alpha value is -1.89. The van der Waals surface area contributed by atoms with Gasteiger partial charge in [0, 0.05) is 21.8 Å². The Bertz CT molecular complexity index is 681. The first-order chi connectivity index (χ1) is 10.6. The quantitative estimate of drug-likeness (QED) is 0.407. The van der Waals surface area contributed by atoms with Crippen molar-refractivity contribution in [1.82, 2.24) is 0 Å². The van der Waals surface area contributed by atoms with Gasteiger partial charge >= 0.3 is 0 Å². The molecule has 2 aromatic rings. The van der Waals surface area contributed by atoms with E-state index in [1.807, 2.05) is 24.3 Å². The Morgan fingerprint density at radius 1 is 1.09 bits per heavy atom. The molecule has 0 aliphatic rings. The topological polar surface area (TPSA) is 47.9 Å². The number of rotatable bonds is 6. The zero-order chi connectivity index (χ0) is 15.9. The molecule has 0 amide bonds. The van der Waals surface area contributed by atoms with E-state index in [-0.39, 0.29) is 12.2 Å². The van der Waals surface area contributed by atoms with Crippen molar-refractivity contribution in [2.24, 2.45) is 4.99 Å². The van der Waals surface area contributed by atoms with Gasteiger partial charge in [0.05, 0.1) is 19.9 Å². The van der Waals surface area contributed by atoms with Crippen molar-refractivity contribution < 1.29 is 14.3 Å². The molecule has 0 aliphatic heterocycles. The van der Waals surface area contributed by atoms with E-state index < -0.39 is 0 Å². The predicted molar refractivity (Wildman–Crippen MR) is 95.8 cm³/mol. The highest BCUT2D eigenvalue weighted by molar-refractivity contribution is 14.1. The van der Waals surface area contributed by atoms with E-state index in [1.54, 1.807) is 38.6 Å². The van der Waals surface area contributed by atoms with Crippen LogP contribution in [0.4, 0.5) is 5.69 Å². The summed E-state index contributed by atoms with van der Waals surface area (Å²) in [6.45, 7) is 0. The van der Waals surface area contributed by atoms with Crippen molar-refractivity contribution in [1.29, 1.82) is 0 Å². The minimum Gasteiger partial charge on any atom is -0.493 e. The van der Waals surface area contributed by atoms with Crippen LogP contribution < -0.4 is 9.47 Å². The SMILES string of the molecule is COc1ccc(C(=O)CC=Nc2ccc(I)cc2)cc1OC. The van der Waals surface area contributed by atoms with Crippen molar-refractivity contribution in [3.8, 4) is 11.5 Å². The Balaban J connectivity index is 2.04. The molecule has 0 aliphatic carbocycles. The maximum atomic E-state index is 12.2. The average Bonchev–Trinajstić information content (AvgIpc) is 2.55. The normalized spacial score (nSPS) is 10.7. The molecule has 0 spiro atoms. The summed E-state index contributed by atoms with van der Waals surface area (Å²) in [6.07, 6.45) is 1.86. The maximum Gasteiger partial charge on any atom is 0.168 e. The average molecular weight is 409 g/mol. The van der Waals surface area contributed by atoms with Crippen molar-refractivity contribution in [2.45, 2.75) is 6.42 Å². The number of Topliss-reactive ketones (excluding diaryl/α,β-unsaturated/α-hetero) is 1. The molecular formula is C17H16INO3. The molecule has 0 radical (unpaired) electrons. The number of halogens is 1. The molecule has 0 atom stereocenters. The zero-order valence-electron chi connectivity index (χ0n) is 12.4. The summed E-state index contributed by atoms with van der Waals surface area (Å²) in [6, 6.07) is 12.9. The van der Waals surface area contributed by atoms with Crippen LogP contribution >= 0.6 is 22.6 Å². The fraction of sp³-hybridized carbons (Fsp3) is 0.176.